The van der Waals surface area contributed by atoms with Gasteiger partial charge in [-0.3, -0.25) is 0 Å². The standard InChI is InChI=1S/C17H14N2/c1-12-7-8-16-15(11-12)14(9-10-18)17(19-16)13-5-3-2-4-6-13/h2-8,11,19H,9H2,1H3. The molecular formula is C17H14N2. The highest BCUT2D eigenvalue weighted by atomic mass is 14.7. The van der Waals surface area contributed by atoms with Gasteiger partial charge in [0, 0.05) is 10.9 Å². The summed E-state index contributed by atoms with van der Waals surface area (Å²) in [7, 11) is 0. The van der Waals surface area contributed by atoms with E-state index in [2.05, 4.69) is 48.3 Å². The van der Waals surface area contributed by atoms with E-state index in [1.807, 2.05) is 18.2 Å². The van der Waals surface area contributed by atoms with Crippen LogP contribution in [-0.4, -0.2) is 4.98 Å². The monoisotopic (exact) mass is 246 g/mol. The number of H-pyrrole nitrogens is 1. The van der Waals surface area contributed by atoms with Gasteiger partial charge in [0.25, 0.3) is 0 Å². The maximum Gasteiger partial charge on any atom is 0.0670 e. The Hall–Kier alpha value is -2.53. The molecule has 0 spiro atoms. The second-order valence-electron chi connectivity index (χ2n) is 4.73. The van der Waals surface area contributed by atoms with Crippen LogP contribution in [-0.2, 0) is 6.42 Å². The molecule has 1 aromatic heterocycles. The van der Waals surface area contributed by atoms with Crippen LogP contribution in [0.2, 0.25) is 0 Å². The topological polar surface area (TPSA) is 39.6 Å². The summed E-state index contributed by atoms with van der Waals surface area (Å²) in [6, 6.07) is 18.8. The average molecular weight is 246 g/mol. The number of hydrogen-bond acceptors (Lipinski definition) is 1. The van der Waals surface area contributed by atoms with E-state index in [-0.39, 0.29) is 0 Å². The first-order chi connectivity index (χ1) is 9.29. The Labute approximate surface area is 112 Å². The zero-order valence-electron chi connectivity index (χ0n) is 10.8. The summed E-state index contributed by atoms with van der Waals surface area (Å²) in [5, 5.41) is 10.2. The first-order valence-corrected chi connectivity index (χ1v) is 6.33. The van der Waals surface area contributed by atoms with E-state index < -0.39 is 0 Å². The Morgan fingerprint density at radius 3 is 2.63 bits per heavy atom. The van der Waals surface area contributed by atoms with Gasteiger partial charge in [0.1, 0.15) is 0 Å². The van der Waals surface area contributed by atoms with Crippen molar-refractivity contribution in [2.45, 2.75) is 13.3 Å². The fourth-order valence-corrected chi connectivity index (χ4v) is 2.48. The zero-order valence-corrected chi connectivity index (χ0v) is 10.8. The maximum atomic E-state index is 9.07. The maximum absolute atomic E-state index is 9.07. The molecule has 1 N–H and O–H groups in total. The molecule has 0 aliphatic heterocycles. The Kier molecular flexibility index (Phi) is 2.81. The molecule has 2 aromatic carbocycles. The Bertz CT molecular complexity index is 761. The number of nitrogens with zero attached hydrogens (tertiary/aromatic N) is 1. The molecule has 0 radical (unpaired) electrons. The van der Waals surface area contributed by atoms with Crippen LogP contribution in [0.1, 0.15) is 11.1 Å². The van der Waals surface area contributed by atoms with E-state index in [1.54, 1.807) is 0 Å². The summed E-state index contributed by atoms with van der Waals surface area (Å²) >= 11 is 0. The Morgan fingerprint density at radius 2 is 1.89 bits per heavy atom. The number of aromatic nitrogens is 1. The van der Waals surface area contributed by atoms with Crippen molar-refractivity contribution in [1.29, 1.82) is 5.26 Å². The van der Waals surface area contributed by atoms with Crippen LogP contribution in [0, 0.1) is 18.3 Å². The third-order valence-corrected chi connectivity index (χ3v) is 3.38. The molecule has 2 nitrogen and oxygen atoms in total. The van der Waals surface area contributed by atoms with Crippen LogP contribution < -0.4 is 0 Å². The van der Waals surface area contributed by atoms with Crippen molar-refractivity contribution in [3.63, 3.8) is 0 Å². The van der Waals surface area contributed by atoms with E-state index >= 15 is 0 Å². The molecule has 0 aliphatic rings. The van der Waals surface area contributed by atoms with E-state index in [9.17, 15) is 0 Å². The summed E-state index contributed by atoms with van der Waals surface area (Å²) < 4.78 is 0. The third kappa shape index (κ3) is 2.00. The van der Waals surface area contributed by atoms with Gasteiger partial charge in [0.2, 0.25) is 0 Å². The van der Waals surface area contributed by atoms with Gasteiger partial charge in [-0.15, -0.1) is 0 Å². The molecule has 0 saturated heterocycles. The van der Waals surface area contributed by atoms with Crippen molar-refractivity contribution in [3.8, 4) is 17.3 Å². The lowest BCUT2D eigenvalue weighted by molar-refractivity contribution is 1.27. The lowest BCUT2D eigenvalue weighted by atomic mass is 10.0. The predicted octanol–water partition coefficient (Wildman–Crippen LogP) is 4.21. The Balaban J connectivity index is 2.30. The lowest BCUT2D eigenvalue weighted by Gasteiger charge is -2.01. The first-order valence-electron chi connectivity index (χ1n) is 6.33. The molecule has 19 heavy (non-hydrogen) atoms. The van der Waals surface area contributed by atoms with E-state index in [1.165, 1.54) is 5.56 Å². The number of nitrogens with one attached hydrogen (secondary N) is 1. The van der Waals surface area contributed by atoms with Crippen molar-refractivity contribution in [2.24, 2.45) is 0 Å². The minimum absolute atomic E-state index is 0.424. The van der Waals surface area contributed by atoms with Crippen LogP contribution in [0.25, 0.3) is 22.2 Å². The highest BCUT2D eigenvalue weighted by Crippen LogP contribution is 2.31. The van der Waals surface area contributed by atoms with Crippen molar-refractivity contribution < 1.29 is 0 Å². The summed E-state index contributed by atoms with van der Waals surface area (Å²) in [6.07, 6.45) is 0.424. The van der Waals surface area contributed by atoms with Gasteiger partial charge in [-0.2, -0.15) is 5.26 Å². The van der Waals surface area contributed by atoms with Gasteiger partial charge in [-0.25, -0.2) is 0 Å². The molecule has 92 valence electrons. The van der Waals surface area contributed by atoms with Crippen molar-refractivity contribution in [3.05, 3.63) is 59.7 Å². The number of rotatable bonds is 2. The number of aryl methyl sites for hydroxylation is 1. The van der Waals surface area contributed by atoms with Crippen LogP contribution in [0.3, 0.4) is 0 Å². The molecule has 0 bridgehead atoms. The average Bonchev–Trinajstić information content (AvgIpc) is 2.79. The summed E-state index contributed by atoms with van der Waals surface area (Å²) in [5.41, 5.74) is 5.58. The van der Waals surface area contributed by atoms with Crippen LogP contribution >= 0.6 is 0 Å². The minimum Gasteiger partial charge on any atom is -0.354 e. The Morgan fingerprint density at radius 1 is 1.11 bits per heavy atom. The normalized spacial score (nSPS) is 10.5. The fraction of sp³-hybridized carbons (Fsp3) is 0.118. The molecule has 1 heterocycles. The molecule has 0 aliphatic carbocycles. The molecule has 0 fully saturated rings. The molecule has 3 rings (SSSR count). The number of aromatic amines is 1. The van der Waals surface area contributed by atoms with Gasteiger partial charge >= 0.3 is 0 Å². The molecule has 0 saturated carbocycles. The summed E-state index contributed by atoms with van der Waals surface area (Å²) in [5.74, 6) is 0. The molecular weight excluding hydrogens is 232 g/mol. The zero-order chi connectivity index (χ0) is 13.2. The second-order valence-corrected chi connectivity index (χ2v) is 4.73. The predicted molar refractivity (Wildman–Crippen MR) is 77.8 cm³/mol. The van der Waals surface area contributed by atoms with Crippen molar-refractivity contribution in [1.82, 2.24) is 4.98 Å². The molecule has 3 aromatic rings. The number of benzene rings is 2. The van der Waals surface area contributed by atoms with E-state index in [0.717, 1.165) is 27.7 Å². The number of fused-ring (bicyclic) bond motifs is 1. The minimum atomic E-state index is 0.424. The molecule has 0 unspecified atom stereocenters. The SMILES string of the molecule is Cc1ccc2[nH]c(-c3ccccc3)c(CC#N)c2c1. The second kappa shape index (κ2) is 4.62. The first kappa shape index (κ1) is 11.6. The largest absolute Gasteiger partial charge is 0.354 e. The van der Waals surface area contributed by atoms with Crippen LogP contribution in [0.15, 0.2) is 48.5 Å². The van der Waals surface area contributed by atoms with Crippen molar-refractivity contribution >= 4 is 10.9 Å². The van der Waals surface area contributed by atoms with Gasteiger partial charge in [-0.1, -0.05) is 42.0 Å². The number of nitriles is 1. The summed E-state index contributed by atoms with van der Waals surface area (Å²) in [4.78, 5) is 3.44. The summed E-state index contributed by atoms with van der Waals surface area (Å²) in [6.45, 7) is 2.07. The molecule has 0 atom stereocenters. The van der Waals surface area contributed by atoms with Crippen LogP contribution in [0.5, 0.6) is 0 Å². The number of hydrogen-bond donors (Lipinski definition) is 1. The lowest BCUT2D eigenvalue weighted by Crippen LogP contribution is -1.85. The molecule has 2 heteroatoms. The van der Waals surface area contributed by atoms with Crippen LogP contribution in [0.4, 0.5) is 0 Å². The van der Waals surface area contributed by atoms with E-state index in [4.69, 9.17) is 5.26 Å². The fourth-order valence-electron chi connectivity index (χ4n) is 2.48. The van der Waals surface area contributed by atoms with Gasteiger partial charge < -0.3 is 4.98 Å². The highest BCUT2D eigenvalue weighted by molar-refractivity contribution is 5.91. The quantitative estimate of drug-likeness (QED) is 0.722. The third-order valence-electron chi connectivity index (χ3n) is 3.38. The van der Waals surface area contributed by atoms with Gasteiger partial charge in [0.05, 0.1) is 18.2 Å². The molecule has 0 amide bonds. The van der Waals surface area contributed by atoms with Gasteiger partial charge in [-0.05, 0) is 30.2 Å². The van der Waals surface area contributed by atoms with Crippen molar-refractivity contribution in [2.75, 3.05) is 0 Å². The highest BCUT2D eigenvalue weighted by Gasteiger charge is 2.12. The smallest absolute Gasteiger partial charge is 0.0670 e. The van der Waals surface area contributed by atoms with Gasteiger partial charge in [0.15, 0.2) is 0 Å². The van der Waals surface area contributed by atoms with E-state index in [0.29, 0.717) is 6.42 Å².